The third-order valence-electron chi connectivity index (χ3n) is 5.34. The summed E-state index contributed by atoms with van der Waals surface area (Å²) in [5, 5.41) is 6.31. The Morgan fingerprint density at radius 3 is 2.83 bits per heavy atom. The van der Waals surface area contributed by atoms with E-state index in [1.807, 2.05) is 18.2 Å². The molecule has 174 valence electrons. The third kappa shape index (κ3) is 4.29. The fourth-order valence-corrected chi connectivity index (χ4v) is 3.91. The molecular formula is C27H20ClN3O4. The molecule has 5 rings (SSSR count). The van der Waals surface area contributed by atoms with Gasteiger partial charge in [0.2, 0.25) is 5.82 Å². The fraction of sp³-hybridized carbons (Fsp3) is 0.0741. The molecule has 0 atom stereocenters. The number of benzene rings is 3. The van der Waals surface area contributed by atoms with Crippen molar-refractivity contribution in [2.24, 2.45) is 5.10 Å². The predicted molar refractivity (Wildman–Crippen MR) is 138 cm³/mol. The van der Waals surface area contributed by atoms with Crippen molar-refractivity contribution >= 4 is 39.7 Å². The van der Waals surface area contributed by atoms with Crippen LogP contribution in [0.25, 0.3) is 33.5 Å². The minimum Gasteiger partial charge on any atom is -0.493 e. The topological polar surface area (TPSA) is 78.9 Å². The third-order valence-corrected chi connectivity index (χ3v) is 5.57. The van der Waals surface area contributed by atoms with Crippen LogP contribution in [0.4, 0.5) is 0 Å². The van der Waals surface area contributed by atoms with Crippen LogP contribution in [0.15, 0.2) is 93.7 Å². The van der Waals surface area contributed by atoms with Gasteiger partial charge >= 0.3 is 0 Å². The van der Waals surface area contributed by atoms with Crippen molar-refractivity contribution in [1.29, 1.82) is 0 Å². The maximum Gasteiger partial charge on any atom is 0.282 e. The van der Waals surface area contributed by atoms with Crippen molar-refractivity contribution in [3.63, 3.8) is 0 Å². The first-order valence-corrected chi connectivity index (χ1v) is 11.1. The average Bonchev–Trinajstić information content (AvgIpc) is 3.30. The molecular weight excluding hydrogens is 466 g/mol. The number of fused-ring (bicyclic) bond motifs is 2. The summed E-state index contributed by atoms with van der Waals surface area (Å²) < 4.78 is 18.4. The first-order valence-electron chi connectivity index (χ1n) is 10.8. The summed E-state index contributed by atoms with van der Waals surface area (Å²) in [6, 6.07) is 19.6. The van der Waals surface area contributed by atoms with Gasteiger partial charge in [-0.15, -0.1) is 0 Å². The Kier molecular flexibility index (Phi) is 6.08. The quantitative estimate of drug-likeness (QED) is 0.211. The second-order valence-electron chi connectivity index (χ2n) is 7.59. The van der Waals surface area contributed by atoms with Crippen molar-refractivity contribution in [2.75, 3.05) is 13.7 Å². The number of hydrogen-bond acceptors (Lipinski definition) is 6. The molecule has 0 saturated carbocycles. The summed E-state index contributed by atoms with van der Waals surface area (Å²) in [7, 11) is 1.56. The molecule has 0 unspecified atom stereocenters. The lowest BCUT2D eigenvalue weighted by molar-refractivity contribution is 0.326. The molecule has 3 aromatic carbocycles. The van der Waals surface area contributed by atoms with Crippen molar-refractivity contribution in [1.82, 2.24) is 9.66 Å². The Morgan fingerprint density at radius 2 is 2.00 bits per heavy atom. The molecule has 0 spiro atoms. The zero-order valence-corrected chi connectivity index (χ0v) is 19.5. The number of nitrogens with zero attached hydrogens (tertiary/aromatic N) is 3. The zero-order valence-electron chi connectivity index (χ0n) is 18.8. The standard InChI is InChI=1S/C27H20ClN3O4/c1-3-13-34-25-17(7-6-10-23(25)33-2)16-29-31-26(30-21-9-5-4-8-20(21)27(31)32)24-15-18-14-19(28)11-12-22(18)35-24/h3-12,14-16H,1,13H2,2H3. The summed E-state index contributed by atoms with van der Waals surface area (Å²) in [5.41, 5.74) is 1.44. The maximum atomic E-state index is 13.5. The van der Waals surface area contributed by atoms with Crippen LogP contribution in [-0.4, -0.2) is 29.6 Å². The summed E-state index contributed by atoms with van der Waals surface area (Å²) in [6.07, 6.45) is 3.17. The Bertz CT molecular complexity index is 1650. The lowest BCUT2D eigenvalue weighted by Gasteiger charge is -2.12. The van der Waals surface area contributed by atoms with E-state index in [9.17, 15) is 4.79 Å². The molecule has 0 aliphatic rings. The van der Waals surface area contributed by atoms with Gasteiger partial charge in [-0.3, -0.25) is 4.79 Å². The van der Waals surface area contributed by atoms with Crippen molar-refractivity contribution in [3.05, 3.63) is 100 Å². The van der Waals surface area contributed by atoms with Crippen LogP contribution in [0.1, 0.15) is 5.56 Å². The van der Waals surface area contributed by atoms with Crippen LogP contribution in [0.5, 0.6) is 11.5 Å². The van der Waals surface area contributed by atoms with Crippen molar-refractivity contribution in [3.8, 4) is 23.1 Å². The number of para-hydroxylation sites is 2. The second-order valence-corrected chi connectivity index (χ2v) is 8.02. The molecule has 7 nitrogen and oxygen atoms in total. The Labute approximate surface area is 205 Å². The number of aromatic nitrogens is 2. The number of ether oxygens (including phenoxy) is 2. The highest BCUT2D eigenvalue weighted by atomic mass is 35.5. The molecule has 0 fully saturated rings. The Morgan fingerprint density at radius 1 is 1.14 bits per heavy atom. The summed E-state index contributed by atoms with van der Waals surface area (Å²) in [4.78, 5) is 18.2. The van der Waals surface area contributed by atoms with Gasteiger partial charge in [-0.05, 0) is 48.5 Å². The van der Waals surface area contributed by atoms with Gasteiger partial charge in [0.05, 0.1) is 24.2 Å². The minimum absolute atomic E-state index is 0.258. The van der Waals surface area contributed by atoms with Gasteiger partial charge < -0.3 is 13.9 Å². The monoisotopic (exact) mass is 485 g/mol. The second kappa shape index (κ2) is 9.48. The lowest BCUT2D eigenvalue weighted by atomic mass is 10.2. The molecule has 8 heteroatoms. The Hall–Kier alpha value is -4.36. The number of hydrogen-bond donors (Lipinski definition) is 0. The van der Waals surface area contributed by atoms with E-state index in [1.165, 1.54) is 10.9 Å². The van der Waals surface area contributed by atoms with Crippen LogP contribution >= 0.6 is 11.6 Å². The molecule has 35 heavy (non-hydrogen) atoms. The van der Waals surface area contributed by atoms with E-state index >= 15 is 0 Å². The summed E-state index contributed by atoms with van der Waals surface area (Å²) in [6.45, 7) is 3.97. The van der Waals surface area contributed by atoms with Gasteiger partial charge in [0.15, 0.2) is 17.3 Å². The van der Waals surface area contributed by atoms with Gasteiger partial charge in [-0.25, -0.2) is 4.98 Å². The average molecular weight is 486 g/mol. The van der Waals surface area contributed by atoms with E-state index in [2.05, 4.69) is 11.7 Å². The van der Waals surface area contributed by atoms with Crippen LogP contribution in [0.3, 0.4) is 0 Å². The van der Waals surface area contributed by atoms with Crippen molar-refractivity contribution in [2.45, 2.75) is 0 Å². The first-order chi connectivity index (χ1) is 17.1. The smallest absolute Gasteiger partial charge is 0.282 e. The molecule has 2 heterocycles. The van der Waals surface area contributed by atoms with E-state index in [-0.39, 0.29) is 18.0 Å². The largest absolute Gasteiger partial charge is 0.493 e. The number of methoxy groups -OCH3 is 1. The van der Waals surface area contributed by atoms with Gasteiger partial charge in [0, 0.05) is 16.0 Å². The summed E-state index contributed by atoms with van der Waals surface area (Å²) >= 11 is 6.14. The van der Waals surface area contributed by atoms with E-state index in [0.717, 1.165) is 5.39 Å². The highest BCUT2D eigenvalue weighted by Crippen LogP contribution is 2.31. The van der Waals surface area contributed by atoms with Gasteiger partial charge in [-0.1, -0.05) is 42.5 Å². The van der Waals surface area contributed by atoms with Crippen LogP contribution in [-0.2, 0) is 0 Å². The predicted octanol–water partition coefficient (Wildman–Crippen LogP) is 5.92. The van der Waals surface area contributed by atoms with E-state index in [4.69, 9.17) is 30.5 Å². The molecule has 0 amide bonds. The maximum absolute atomic E-state index is 13.5. The number of halogens is 1. The molecule has 5 aromatic rings. The Balaban J connectivity index is 1.70. The molecule has 2 aromatic heterocycles. The van der Waals surface area contributed by atoms with Gasteiger partial charge in [-0.2, -0.15) is 9.78 Å². The van der Waals surface area contributed by atoms with Gasteiger partial charge in [0.1, 0.15) is 12.2 Å². The van der Waals surface area contributed by atoms with Crippen molar-refractivity contribution < 1.29 is 13.9 Å². The van der Waals surface area contributed by atoms with Crippen LogP contribution < -0.4 is 15.0 Å². The van der Waals surface area contributed by atoms with Crippen LogP contribution in [0, 0.1) is 0 Å². The van der Waals surface area contributed by atoms with Gasteiger partial charge in [0.25, 0.3) is 5.56 Å². The molecule has 0 N–H and O–H groups in total. The zero-order chi connectivity index (χ0) is 24.4. The highest BCUT2D eigenvalue weighted by Gasteiger charge is 2.17. The van der Waals surface area contributed by atoms with Crippen LogP contribution in [0.2, 0.25) is 5.02 Å². The summed E-state index contributed by atoms with van der Waals surface area (Å²) in [5.74, 6) is 1.67. The van der Waals surface area contributed by atoms with E-state index in [1.54, 1.807) is 61.7 Å². The lowest BCUT2D eigenvalue weighted by Crippen LogP contribution is -2.20. The number of rotatable bonds is 7. The fourth-order valence-electron chi connectivity index (χ4n) is 3.73. The SMILES string of the molecule is C=CCOc1c(C=Nn2c(-c3cc4cc(Cl)ccc4o3)nc3ccccc3c2=O)cccc1OC. The highest BCUT2D eigenvalue weighted by molar-refractivity contribution is 6.31. The molecule has 0 aliphatic carbocycles. The number of furan rings is 1. The molecule has 0 radical (unpaired) electrons. The molecule has 0 aliphatic heterocycles. The first kappa shape index (κ1) is 22.4. The molecule has 0 bridgehead atoms. The van der Waals surface area contributed by atoms with E-state index in [0.29, 0.717) is 44.3 Å². The van der Waals surface area contributed by atoms with E-state index < -0.39 is 0 Å². The normalized spacial score (nSPS) is 11.4. The molecule has 0 saturated heterocycles. The minimum atomic E-state index is -0.336.